The zero-order valence-electron chi connectivity index (χ0n) is 11.8. The van der Waals surface area contributed by atoms with Crippen LogP contribution in [0, 0.1) is 0 Å². The van der Waals surface area contributed by atoms with Crippen LogP contribution in [-0.4, -0.2) is 59.5 Å². The van der Waals surface area contributed by atoms with E-state index < -0.39 is 5.97 Å². The van der Waals surface area contributed by atoms with Crippen molar-refractivity contribution in [2.45, 2.75) is 25.8 Å². The summed E-state index contributed by atoms with van der Waals surface area (Å²) in [4.78, 5) is 28.4. The first-order valence-corrected chi connectivity index (χ1v) is 7.67. The highest BCUT2D eigenvalue weighted by Crippen LogP contribution is 2.21. The molecule has 0 saturated carbocycles. The second-order valence-electron chi connectivity index (χ2n) is 5.15. The normalized spacial score (nSPS) is 20.7. The average molecular weight is 296 g/mol. The Balaban J connectivity index is 2.18. The molecule has 0 bridgehead atoms. The summed E-state index contributed by atoms with van der Waals surface area (Å²) in [6.07, 6.45) is 1.86. The van der Waals surface area contributed by atoms with E-state index in [-0.39, 0.29) is 16.8 Å². The van der Waals surface area contributed by atoms with Crippen molar-refractivity contribution in [3.05, 3.63) is 21.9 Å². The van der Waals surface area contributed by atoms with Gasteiger partial charge in [-0.1, -0.05) is 6.92 Å². The van der Waals surface area contributed by atoms with Gasteiger partial charge in [0.2, 0.25) is 0 Å². The molecule has 1 fully saturated rings. The van der Waals surface area contributed by atoms with Crippen LogP contribution in [0.25, 0.3) is 0 Å². The number of carboxylic acid groups (broad SMARTS) is 1. The molecule has 0 aliphatic carbocycles. The van der Waals surface area contributed by atoms with Crippen LogP contribution in [0.5, 0.6) is 0 Å². The highest BCUT2D eigenvalue weighted by atomic mass is 32.1. The van der Waals surface area contributed by atoms with E-state index in [9.17, 15) is 9.59 Å². The van der Waals surface area contributed by atoms with Gasteiger partial charge in [-0.3, -0.25) is 4.79 Å². The van der Waals surface area contributed by atoms with Crippen LogP contribution in [0.15, 0.2) is 12.1 Å². The van der Waals surface area contributed by atoms with E-state index in [0.717, 1.165) is 43.8 Å². The first-order chi connectivity index (χ1) is 9.52. The van der Waals surface area contributed by atoms with Crippen molar-refractivity contribution in [3.63, 3.8) is 0 Å². The van der Waals surface area contributed by atoms with Gasteiger partial charge in [0.1, 0.15) is 4.88 Å². The lowest BCUT2D eigenvalue weighted by Gasteiger charge is -2.29. The standard InChI is InChI=1S/C14H20N2O3S/c1-3-10-9-15(2)7-4-8-16(10)13(17)11-5-6-12(20-11)14(18)19/h5-6,10H,3-4,7-9H2,1-2H3,(H,18,19). The zero-order chi connectivity index (χ0) is 14.7. The van der Waals surface area contributed by atoms with Crippen LogP contribution >= 0.6 is 11.3 Å². The van der Waals surface area contributed by atoms with Crippen LogP contribution < -0.4 is 0 Å². The molecule has 1 aromatic heterocycles. The topological polar surface area (TPSA) is 60.9 Å². The molecule has 0 aromatic carbocycles. The second kappa shape index (κ2) is 6.37. The van der Waals surface area contributed by atoms with E-state index in [1.807, 2.05) is 4.90 Å². The third-order valence-corrected chi connectivity index (χ3v) is 4.72. The Morgan fingerprint density at radius 2 is 2.05 bits per heavy atom. The maximum absolute atomic E-state index is 12.6. The van der Waals surface area contributed by atoms with Gasteiger partial charge in [-0.25, -0.2) is 4.79 Å². The smallest absolute Gasteiger partial charge is 0.345 e. The molecule has 1 saturated heterocycles. The number of nitrogens with zero attached hydrogens (tertiary/aromatic N) is 2. The first-order valence-electron chi connectivity index (χ1n) is 6.85. The Bertz CT molecular complexity index is 500. The molecule has 1 N–H and O–H groups in total. The van der Waals surface area contributed by atoms with Crippen molar-refractivity contribution in [1.82, 2.24) is 9.80 Å². The molecule has 1 aliphatic heterocycles. The summed E-state index contributed by atoms with van der Waals surface area (Å²) in [6.45, 7) is 4.69. The molecule has 2 rings (SSSR count). The van der Waals surface area contributed by atoms with E-state index in [1.165, 1.54) is 6.07 Å². The fourth-order valence-electron chi connectivity index (χ4n) is 2.57. The molecule has 1 aliphatic rings. The fraction of sp³-hybridized carbons (Fsp3) is 0.571. The minimum Gasteiger partial charge on any atom is -0.477 e. The maximum Gasteiger partial charge on any atom is 0.345 e. The third-order valence-electron chi connectivity index (χ3n) is 3.66. The van der Waals surface area contributed by atoms with Gasteiger partial charge in [-0.15, -0.1) is 11.3 Å². The van der Waals surface area contributed by atoms with Crippen molar-refractivity contribution in [2.24, 2.45) is 0 Å². The zero-order valence-corrected chi connectivity index (χ0v) is 12.7. The van der Waals surface area contributed by atoms with Gasteiger partial charge in [0.15, 0.2) is 0 Å². The number of rotatable bonds is 3. The lowest BCUT2D eigenvalue weighted by Crippen LogP contribution is -2.43. The van der Waals surface area contributed by atoms with Crippen molar-refractivity contribution >= 4 is 23.2 Å². The number of amides is 1. The fourth-order valence-corrected chi connectivity index (χ4v) is 3.37. The van der Waals surface area contributed by atoms with Gasteiger partial charge in [-0.2, -0.15) is 0 Å². The van der Waals surface area contributed by atoms with Gasteiger partial charge in [0, 0.05) is 19.1 Å². The molecule has 5 nitrogen and oxygen atoms in total. The van der Waals surface area contributed by atoms with Crippen LogP contribution in [0.4, 0.5) is 0 Å². The molecule has 110 valence electrons. The molecule has 1 unspecified atom stereocenters. The highest BCUT2D eigenvalue weighted by molar-refractivity contribution is 7.15. The number of hydrogen-bond acceptors (Lipinski definition) is 4. The monoisotopic (exact) mass is 296 g/mol. The summed E-state index contributed by atoms with van der Waals surface area (Å²) in [6, 6.07) is 3.33. The van der Waals surface area contributed by atoms with E-state index in [1.54, 1.807) is 6.07 Å². The molecule has 1 atom stereocenters. The van der Waals surface area contributed by atoms with Crippen LogP contribution in [-0.2, 0) is 0 Å². The summed E-state index contributed by atoms with van der Waals surface area (Å²) >= 11 is 1.06. The number of thiophene rings is 1. The Kier molecular flexibility index (Phi) is 4.77. The third kappa shape index (κ3) is 3.19. The molecule has 0 spiro atoms. The molecule has 2 heterocycles. The summed E-state index contributed by atoms with van der Waals surface area (Å²) in [7, 11) is 2.07. The number of carboxylic acids is 1. The molecule has 1 aromatic rings. The summed E-state index contributed by atoms with van der Waals surface area (Å²) in [5.41, 5.74) is 0. The lowest BCUT2D eigenvalue weighted by atomic mass is 10.1. The molecule has 20 heavy (non-hydrogen) atoms. The Morgan fingerprint density at radius 1 is 1.35 bits per heavy atom. The molecule has 1 amide bonds. The van der Waals surface area contributed by atoms with E-state index >= 15 is 0 Å². The van der Waals surface area contributed by atoms with Gasteiger partial charge < -0.3 is 14.9 Å². The molecule has 0 radical (unpaired) electrons. The predicted molar refractivity (Wildman–Crippen MR) is 78.5 cm³/mol. The number of carbonyl (C=O) groups is 2. The molecular weight excluding hydrogens is 276 g/mol. The van der Waals surface area contributed by atoms with Crippen LogP contribution in [0.2, 0.25) is 0 Å². The quantitative estimate of drug-likeness (QED) is 0.927. The SMILES string of the molecule is CCC1CN(C)CCCN1C(=O)c1ccc(C(=O)O)s1. The van der Waals surface area contributed by atoms with Crippen molar-refractivity contribution in [1.29, 1.82) is 0 Å². The van der Waals surface area contributed by atoms with Gasteiger partial charge in [0.25, 0.3) is 5.91 Å². The summed E-state index contributed by atoms with van der Waals surface area (Å²) in [5.74, 6) is -1.01. The second-order valence-corrected chi connectivity index (χ2v) is 6.23. The summed E-state index contributed by atoms with van der Waals surface area (Å²) in [5, 5.41) is 8.95. The number of carbonyl (C=O) groups excluding carboxylic acids is 1. The number of likely N-dealkylation sites (N-methyl/N-ethyl adjacent to an activating group) is 1. The van der Waals surface area contributed by atoms with Crippen molar-refractivity contribution in [2.75, 3.05) is 26.7 Å². The van der Waals surface area contributed by atoms with Crippen molar-refractivity contribution < 1.29 is 14.7 Å². The Labute approximate surface area is 122 Å². The predicted octanol–water partition coefficient (Wildman–Crippen LogP) is 2.00. The minimum atomic E-state index is -0.975. The number of aromatic carboxylic acids is 1. The van der Waals surface area contributed by atoms with E-state index in [2.05, 4.69) is 18.9 Å². The number of hydrogen-bond donors (Lipinski definition) is 1. The molecular formula is C14H20N2O3S. The van der Waals surface area contributed by atoms with Gasteiger partial charge in [0.05, 0.1) is 4.88 Å². The van der Waals surface area contributed by atoms with Gasteiger partial charge >= 0.3 is 5.97 Å². The van der Waals surface area contributed by atoms with Gasteiger partial charge in [-0.05, 0) is 38.6 Å². The van der Waals surface area contributed by atoms with Crippen LogP contribution in [0.1, 0.15) is 39.1 Å². The Hall–Kier alpha value is -1.40. The molecule has 6 heteroatoms. The maximum atomic E-state index is 12.6. The average Bonchev–Trinajstić information content (AvgIpc) is 2.83. The first kappa shape index (κ1) is 15.0. The summed E-state index contributed by atoms with van der Waals surface area (Å²) < 4.78 is 0. The largest absolute Gasteiger partial charge is 0.477 e. The Morgan fingerprint density at radius 3 is 2.65 bits per heavy atom. The lowest BCUT2D eigenvalue weighted by molar-refractivity contribution is 0.0678. The van der Waals surface area contributed by atoms with Crippen LogP contribution in [0.3, 0.4) is 0 Å². The van der Waals surface area contributed by atoms with E-state index in [4.69, 9.17) is 5.11 Å². The minimum absolute atomic E-state index is 0.0374. The highest BCUT2D eigenvalue weighted by Gasteiger charge is 2.28. The van der Waals surface area contributed by atoms with E-state index in [0.29, 0.717) is 4.88 Å². The van der Waals surface area contributed by atoms with Crippen molar-refractivity contribution in [3.8, 4) is 0 Å².